The lowest BCUT2D eigenvalue weighted by Crippen LogP contribution is -2.09. The lowest BCUT2D eigenvalue weighted by atomic mass is 10.0. The van der Waals surface area contributed by atoms with Gasteiger partial charge >= 0.3 is 0 Å². The van der Waals surface area contributed by atoms with E-state index in [0.29, 0.717) is 5.69 Å². The van der Waals surface area contributed by atoms with Gasteiger partial charge in [0.05, 0.1) is 28.3 Å². The van der Waals surface area contributed by atoms with Gasteiger partial charge in [-0.05, 0) is 31.2 Å². The number of hydrogen-bond acceptors (Lipinski definition) is 5. The highest BCUT2D eigenvalue weighted by Crippen LogP contribution is 2.35. The molecule has 0 saturated heterocycles. The van der Waals surface area contributed by atoms with E-state index in [0.717, 1.165) is 39.1 Å². The minimum Gasteiger partial charge on any atom is -0.322 e. The minimum absolute atomic E-state index is 0.299. The van der Waals surface area contributed by atoms with Crippen molar-refractivity contribution in [1.82, 2.24) is 29.5 Å². The molecule has 8 heteroatoms. The Hall–Kier alpha value is -3.81. The third kappa shape index (κ3) is 3.05. The summed E-state index contributed by atoms with van der Waals surface area (Å²) in [6.07, 6.45) is 6.54. The van der Waals surface area contributed by atoms with Gasteiger partial charge in [-0.3, -0.25) is 14.2 Å². The molecule has 3 aromatic heterocycles. The zero-order valence-electron chi connectivity index (χ0n) is 15.8. The molecule has 0 aliphatic carbocycles. The van der Waals surface area contributed by atoms with Gasteiger partial charge in [-0.1, -0.05) is 6.58 Å². The molecular weight excluding hydrogens is 354 g/mol. The molecule has 0 radical (unpaired) electrons. The quantitative estimate of drug-likeness (QED) is 0.556. The van der Waals surface area contributed by atoms with Crippen LogP contribution in [0.15, 0.2) is 49.6 Å². The summed E-state index contributed by atoms with van der Waals surface area (Å²) in [7, 11) is 3.72. The Bertz CT molecular complexity index is 1220. The monoisotopic (exact) mass is 373 g/mol. The van der Waals surface area contributed by atoms with Crippen LogP contribution in [0.4, 0.5) is 5.69 Å². The molecule has 1 N–H and O–H groups in total. The zero-order chi connectivity index (χ0) is 19.8. The van der Waals surface area contributed by atoms with Crippen molar-refractivity contribution in [2.45, 2.75) is 6.92 Å². The molecule has 0 bridgehead atoms. The maximum Gasteiger partial charge on any atom is 0.247 e. The Labute approximate surface area is 161 Å². The Morgan fingerprint density at radius 1 is 1.14 bits per heavy atom. The number of carbonyl (C=O) groups is 1. The summed E-state index contributed by atoms with van der Waals surface area (Å²) in [5.41, 5.74) is 5.43. The number of nitrogens with zero attached hydrogens (tertiary/aromatic N) is 6. The number of anilines is 1. The predicted molar refractivity (Wildman–Crippen MR) is 108 cm³/mol. The highest BCUT2D eigenvalue weighted by molar-refractivity contribution is 6.06. The molecule has 4 rings (SSSR count). The van der Waals surface area contributed by atoms with Gasteiger partial charge in [0, 0.05) is 43.0 Å². The highest BCUT2D eigenvalue weighted by atomic mass is 16.1. The van der Waals surface area contributed by atoms with E-state index in [-0.39, 0.29) is 5.91 Å². The first-order valence-electron chi connectivity index (χ1n) is 8.69. The van der Waals surface area contributed by atoms with Gasteiger partial charge in [-0.15, -0.1) is 0 Å². The number of aryl methyl sites for hydroxylation is 3. The Morgan fingerprint density at radius 3 is 2.61 bits per heavy atom. The lowest BCUT2D eigenvalue weighted by molar-refractivity contribution is -0.111. The van der Waals surface area contributed by atoms with Crippen molar-refractivity contribution in [3.63, 3.8) is 0 Å². The first kappa shape index (κ1) is 17.6. The standard InChI is InChI=1S/C20H19N7O/c1-5-19(28)23-18-9-14-17(8-13(18)16-6-7-26(3)25-16)21-11-22-20(14)15-10-27(4)24-12(15)2/h5-11H,1H2,2-4H3,(H,23,28). The van der Waals surface area contributed by atoms with E-state index < -0.39 is 0 Å². The molecule has 140 valence electrons. The van der Waals surface area contributed by atoms with Gasteiger partial charge in [0.1, 0.15) is 6.33 Å². The third-order valence-electron chi connectivity index (χ3n) is 4.48. The molecule has 0 atom stereocenters. The van der Waals surface area contributed by atoms with Crippen LogP contribution in [0.5, 0.6) is 0 Å². The van der Waals surface area contributed by atoms with Gasteiger partial charge in [0.25, 0.3) is 0 Å². The van der Waals surface area contributed by atoms with Gasteiger partial charge in [0.15, 0.2) is 0 Å². The van der Waals surface area contributed by atoms with Crippen molar-refractivity contribution in [1.29, 1.82) is 0 Å². The Balaban J connectivity index is 1.98. The van der Waals surface area contributed by atoms with Crippen LogP contribution in [0.25, 0.3) is 33.4 Å². The maximum atomic E-state index is 12.0. The molecule has 0 spiro atoms. The first-order chi connectivity index (χ1) is 13.5. The van der Waals surface area contributed by atoms with Crippen molar-refractivity contribution in [2.75, 3.05) is 5.32 Å². The molecule has 1 amide bonds. The topological polar surface area (TPSA) is 90.5 Å². The second kappa shape index (κ2) is 6.73. The summed E-state index contributed by atoms with van der Waals surface area (Å²) in [6, 6.07) is 5.67. The highest BCUT2D eigenvalue weighted by Gasteiger charge is 2.17. The van der Waals surface area contributed by atoms with Crippen LogP contribution in [0.3, 0.4) is 0 Å². The minimum atomic E-state index is -0.299. The number of nitrogens with one attached hydrogen (secondary N) is 1. The fraction of sp³-hybridized carbons (Fsp3) is 0.150. The fourth-order valence-electron chi connectivity index (χ4n) is 3.21. The lowest BCUT2D eigenvalue weighted by Gasteiger charge is -2.12. The average Bonchev–Trinajstić information content (AvgIpc) is 3.25. The molecule has 0 saturated carbocycles. The third-order valence-corrected chi connectivity index (χ3v) is 4.48. The number of fused-ring (bicyclic) bond motifs is 1. The molecule has 0 unspecified atom stereocenters. The van der Waals surface area contributed by atoms with E-state index in [1.165, 1.54) is 12.4 Å². The Kier molecular flexibility index (Phi) is 4.23. The molecule has 1 aromatic carbocycles. The second-order valence-corrected chi connectivity index (χ2v) is 6.51. The summed E-state index contributed by atoms with van der Waals surface area (Å²) in [4.78, 5) is 20.9. The van der Waals surface area contributed by atoms with Crippen LogP contribution in [0, 0.1) is 6.92 Å². The Morgan fingerprint density at radius 2 is 1.96 bits per heavy atom. The van der Waals surface area contributed by atoms with Crippen molar-refractivity contribution >= 4 is 22.5 Å². The number of carbonyl (C=O) groups excluding carboxylic acids is 1. The van der Waals surface area contributed by atoms with Crippen molar-refractivity contribution < 1.29 is 4.79 Å². The maximum absolute atomic E-state index is 12.0. The van der Waals surface area contributed by atoms with E-state index >= 15 is 0 Å². The van der Waals surface area contributed by atoms with E-state index in [9.17, 15) is 4.79 Å². The summed E-state index contributed by atoms with van der Waals surface area (Å²) < 4.78 is 3.46. The van der Waals surface area contributed by atoms with Crippen LogP contribution in [0.1, 0.15) is 5.69 Å². The molecular formula is C20H19N7O. The number of benzene rings is 1. The van der Waals surface area contributed by atoms with Gasteiger partial charge in [-0.25, -0.2) is 9.97 Å². The SMILES string of the molecule is C=CC(=O)Nc1cc2c(-c3cn(C)nc3C)ncnc2cc1-c1ccn(C)n1. The van der Waals surface area contributed by atoms with E-state index in [1.807, 2.05) is 51.6 Å². The first-order valence-corrected chi connectivity index (χ1v) is 8.69. The molecule has 28 heavy (non-hydrogen) atoms. The fourth-order valence-corrected chi connectivity index (χ4v) is 3.21. The van der Waals surface area contributed by atoms with Crippen molar-refractivity contribution in [2.24, 2.45) is 14.1 Å². The summed E-state index contributed by atoms with van der Waals surface area (Å²) >= 11 is 0. The van der Waals surface area contributed by atoms with Crippen molar-refractivity contribution in [3.8, 4) is 22.5 Å². The van der Waals surface area contributed by atoms with Gasteiger partial charge < -0.3 is 5.32 Å². The smallest absolute Gasteiger partial charge is 0.247 e. The summed E-state index contributed by atoms with van der Waals surface area (Å²) in [5.74, 6) is -0.299. The average molecular weight is 373 g/mol. The molecule has 0 fully saturated rings. The molecule has 0 aliphatic heterocycles. The van der Waals surface area contributed by atoms with Crippen LogP contribution >= 0.6 is 0 Å². The van der Waals surface area contributed by atoms with Crippen molar-refractivity contribution in [3.05, 3.63) is 55.3 Å². The normalized spacial score (nSPS) is 11.0. The van der Waals surface area contributed by atoms with Crippen LogP contribution in [0.2, 0.25) is 0 Å². The van der Waals surface area contributed by atoms with Crippen LogP contribution in [-0.2, 0) is 18.9 Å². The second-order valence-electron chi connectivity index (χ2n) is 6.51. The largest absolute Gasteiger partial charge is 0.322 e. The number of hydrogen-bond donors (Lipinski definition) is 1. The van der Waals surface area contributed by atoms with E-state index in [1.54, 1.807) is 9.36 Å². The molecule has 8 nitrogen and oxygen atoms in total. The number of amides is 1. The molecule has 0 aliphatic rings. The number of aromatic nitrogens is 6. The molecule has 4 aromatic rings. The van der Waals surface area contributed by atoms with Crippen LogP contribution in [-0.4, -0.2) is 35.4 Å². The summed E-state index contributed by atoms with van der Waals surface area (Å²) in [5, 5.41) is 12.6. The number of rotatable bonds is 4. The summed E-state index contributed by atoms with van der Waals surface area (Å²) in [6.45, 7) is 5.47. The van der Waals surface area contributed by atoms with E-state index in [2.05, 4.69) is 32.1 Å². The predicted octanol–water partition coefficient (Wildman–Crippen LogP) is 2.86. The van der Waals surface area contributed by atoms with Gasteiger partial charge in [-0.2, -0.15) is 10.2 Å². The van der Waals surface area contributed by atoms with E-state index in [4.69, 9.17) is 0 Å². The zero-order valence-corrected chi connectivity index (χ0v) is 15.8. The van der Waals surface area contributed by atoms with Crippen LogP contribution < -0.4 is 5.32 Å². The molecule has 3 heterocycles. The van der Waals surface area contributed by atoms with Gasteiger partial charge in [0.2, 0.25) is 5.91 Å².